The van der Waals surface area contributed by atoms with Crippen molar-refractivity contribution < 1.29 is 8.42 Å². The predicted molar refractivity (Wildman–Crippen MR) is 101 cm³/mol. The van der Waals surface area contributed by atoms with Crippen molar-refractivity contribution >= 4 is 21.8 Å². The summed E-state index contributed by atoms with van der Waals surface area (Å²) < 4.78 is 26.9. The van der Waals surface area contributed by atoms with Gasteiger partial charge in [-0.1, -0.05) is 29.8 Å². The van der Waals surface area contributed by atoms with Crippen LogP contribution in [0, 0.1) is 13.8 Å². The fourth-order valence-corrected chi connectivity index (χ4v) is 3.50. The van der Waals surface area contributed by atoms with Gasteiger partial charge in [-0.3, -0.25) is 0 Å². The molecule has 1 heterocycles. The van der Waals surface area contributed by atoms with Gasteiger partial charge in [0.05, 0.1) is 5.75 Å². The highest BCUT2D eigenvalue weighted by molar-refractivity contribution is 7.88. The van der Waals surface area contributed by atoms with E-state index in [1.165, 1.54) is 0 Å². The van der Waals surface area contributed by atoms with Crippen molar-refractivity contribution in [1.29, 1.82) is 0 Å². The number of hydrogen-bond acceptors (Lipinski definition) is 6. The largest absolute Gasteiger partial charge is 0.369 e. The molecule has 2 aromatic rings. The van der Waals surface area contributed by atoms with Gasteiger partial charge in [0.15, 0.2) is 0 Å². The number of nitrogens with one attached hydrogen (secondary N) is 3. The number of rotatable bonds is 9. The lowest BCUT2D eigenvalue weighted by Gasteiger charge is -2.10. The van der Waals surface area contributed by atoms with Crippen LogP contribution in [0.3, 0.4) is 0 Å². The number of aromatic nitrogens is 2. The van der Waals surface area contributed by atoms with Crippen LogP contribution < -0.4 is 15.4 Å². The Morgan fingerprint density at radius 2 is 1.84 bits per heavy atom. The highest BCUT2D eigenvalue weighted by Gasteiger charge is 2.11. The van der Waals surface area contributed by atoms with Crippen LogP contribution >= 0.6 is 0 Å². The molecule has 3 N–H and O–H groups in total. The van der Waals surface area contributed by atoms with Crippen molar-refractivity contribution in [2.75, 3.05) is 30.3 Å². The molecule has 0 fully saturated rings. The molecule has 0 amide bonds. The summed E-state index contributed by atoms with van der Waals surface area (Å²) in [5.74, 6) is 1.21. The van der Waals surface area contributed by atoms with Crippen molar-refractivity contribution in [1.82, 2.24) is 14.7 Å². The maximum absolute atomic E-state index is 12.1. The zero-order valence-electron chi connectivity index (χ0n) is 14.8. The summed E-state index contributed by atoms with van der Waals surface area (Å²) in [5, 5.41) is 6.17. The van der Waals surface area contributed by atoms with Gasteiger partial charge in [-0.05, 0) is 26.3 Å². The zero-order valence-corrected chi connectivity index (χ0v) is 15.7. The molecule has 0 saturated heterocycles. The Kier molecular flexibility index (Phi) is 6.72. The van der Waals surface area contributed by atoms with Crippen LogP contribution in [-0.4, -0.2) is 38.0 Å². The molecule has 8 heteroatoms. The summed E-state index contributed by atoms with van der Waals surface area (Å²) in [5.41, 5.74) is 2.67. The summed E-state index contributed by atoms with van der Waals surface area (Å²) in [6.07, 6.45) is 0. The Bertz CT molecular complexity index is 808. The summed E-state index contributed by atoms with van der Waals surface area (Å²) in [6.45, 7) is 7.27. The first-order valence-corrected chi connectivity index (χ1v) is 9.89. The van der Waals surface area contributed by atoms with E-state index in [4.69, 9.17) is 0 Å². The number of benzene rings is 1. The van der Waals surface area contributed by atoms with E-state index >= 15 is 0 Å². The summed E-state index contributed by atoms with van der Waals surface area (Å²) in [7, 11) is -3.37. The first-order valence-electron chi connectivity index (χ1n) is 8.24. The quantitative estimate of drug-likeness (QED) is 0.590. The summed E-state index contributed by atoms with van der Waals surface area (Å²) in [6, 6.07) is 9.32. The second kappa shape index (κ2) is 8.77. The summed E-state index contributed by atoms with van der Waals surface area (Å²) >= 11 is 0. The average Bonchev–Trinajstić information content (AvgIpc) is 2.51. The first-order chi connectivity index (χ1) is 11.9. The van der Waals surface area contributed by atoms with Crippen LogP contribution in [0.2, 0.25) is 0 Å². The molecule has 1 aromatic carbocycles. The van der Waals surface area contributed by atoms with Gasteiger partial charge >= 0.3 is 0 Å². The normalized spacial score (nSPS) is 11.3. The van der Waals surface area contributed by atoms with Gasteiger partial charge in [0.2, 0.25) is 16.0 Å². The molecule has 0 bridgehead atoms. The second-order valence-electron chi connectivity index (χ2n) is 5.82. The number of aryl methyl sites for hydroxylation is 2. The molecule has 0 atom stereocenters. The van der Waals surface area contributed by atoms with Gasteiger partial charge in [-0.2, -0.15) is 4.98 Å². The van der Waals surface area contributed by atoms with Crippen LogP contribution in [0.25, 0.3) is 0 Å². The van der Waals surface area contributed by atoms with E-state index in [9.17, 15) is 8.42 Å². The highest BCUT2D eigenvalue weighted by atomic mass is 32.2. The van der Waals surface area contributed by atoms with Gasteiger partial charge in [0.25, 0.3) is 0 Å². The molecule has 25 heavy (non-hydrogen) atoms. The van der Waals surface area contributed by atoms with Crippen LogP contribution in [0.15, 0.2) is 30.3 Å². The molecule has 2 rings (SSSR count). The zero-order chi connectivity index (χ0) is 18.3. The fourth-order valence-electron chi connectivity index (χ4n) is 2.37. The lowest BCUT2D eigenvalue weighted by Crippen LogP contribution is -2.30. The van der Waals surface area contributed by atoms with E-state index in [0.29, 0.717) is 18.3 Å². The van der Waals surface area contributed by atoms with Crippen LogP contribution in [0.1, 0.15) is 23.7 Å². The minimum absolute atomic E-state index is 0.0220. The third kappa shape index (κ3) is 6.67. The van der Waals surface area contributed by atoms with Crippen molar-refractivity contribution in [3.63, 3.8) is 0 Å². The van der Waals surface area contributed by atoms with Crippen molar-refractivity contribution in [3.8, 4) is 0 Å². The molecule has 0 aliphatic rings. The molecule has 0 saturated carbocycles. The third-order valence-corrected chi connectivity index (χ3v) is 4.74. The topological polar surface area (TPSA) is 96.0 Å². The first kappa shape index (κ1) is 19.1. The molecule has 0 aliphatic heterocycles. The average molecular weight is 363 g/mol. The number of nitrogens with zero attached hydrogens (tertiary/aromatic N) is 2. The molecule has 0 radical (unpaired) electrons. The number of anilines is 2. The van der Waals surface area contributed by atoms with Crippen molar-refractivity contribution in [2.45, 2.75) is 26.5 Å². The maximum Gasteiger partial charge on any atom is 0.224 e. The molecular formula is C17H25N5O2S. The molecule has 0 spiro atoms. The van der Waals surface area contributed by atoms with E-state index in [1.807, 2.05) is 51.1 Å². The van der Waals surface area contributed by atoms with E-state index in [0.717, 1.165) is 23.4 Å². The van der Waals surface area contributed by atoms with E-state index < -0.39 is 10.0 Å². The van der Waals surface area contributed by atoms with E-state index in [2.05, 4.69) is 25.3 Å². The smallest absolute Gasteiger partial charge is 0.224 e. The number of hydrogen-bond donors (Lipinski definition) is 3. The Hall–Kier alpha value is -2.19. The maximum atomic E-state index is 12.1. The minimum atomic E-state index is -3.37. The SMILES string of the molecule is CCNc1nc(C)cc(NCCNS(=O)(=O)Cc2cccc(C)c2)n1. The van der Waals surface area contributed by atoms with Crippen LogP contribution in [0.5, 0.6) is 0 Å². The molecular weight excluding hydrogens is 338 g/mol. The molecule has 7 nitrogen and oxygen atoms in total. The predicted octanol–water partition coefficient (Wildman–Crippen LogP) is 2.06. The highest BCUT2D eigenvalue weighted by Crippen LogP contribution is 2.09. The number of sulfonamides is 1. The van der Waals surface area contributed by atoms with E-state index in [1.54, 1.807) is 0 Å². The van der Waals surface area contributed by atoms with Crippen LogP contribution in [0.4, 0.5) is 11.8 Å². The summed E-state index contributed by atoms with van der Waals surface area (Å²) in [4.78, 5) is 8.60. The Morgan fingerprint density at radius 3 is 2.56 bits per heavy atom. The Morgan fingerprint density at radius 1 is 1.04 bits per heavy atom. The molecule has 0 unspecified atom stereocenters. The third-order valence-electron chi connectivity index (χ3n) is 3.38. The standard InChI is InChI=1S/C17H25N5O2S/c1-4-18-17-21-14(3)11-16(22-17)19-8-9-20-25(23,24)12-15-7-5-6-13(2)10-15/h5-7,10-11,20H,4,8-9,12H2,1-3H3,(H2,18,19,21,22). The monoisotopic (exact) mass is 363 g/mol. The second-order valence-corrected chi connectivity index (χ2v) is 7.62. The van der Waals surface area contributed by atoms with Crippen LogP contribution in [-0.2, 0) is 15.8 Å². The molecule has 0 aliphatic carbocycles. The molecule has 136 valence electrons. The Balaban J connectivity index is 1.84. The van der Waals surface area contributed by atoms with Gasteiger partial charge in [0.1, 0.15) is 5.82 Å². The lowest BCUT2D eigenvalue weighted by molar-refractivity contribution is 0.582. The Labute approximate surface area is 149 Å². The van der Waals surface area contributed by atoms with Crippen molar-refractivity contribution in [2.24, 2.45) is 0 Å². The van der Waals surface area contributed by atoms with Crippen molar-refractivity contribution in [3.05, 3.63) is 47.2 Å². The van der Waals surface area contributed by atoms with Gasteiger partial charge in [-0.25, -0.2) is 18.1 Å². The lowest BCUT2D eigenvalue weighted by atomic mass is 10.2. The fraction of sp³-hybridized carbons (Fsp3) is 0.412. The molecule has 1 aromatic heterocycles. The minimum Gasteiger partial charge on any atom is -0.369 e. The van der Waals surface area contributed by atoms with E-state index in [-0.39, 0.29) is 12.3 Å². The van der Waals surface area contributed by atoms with Gasteiger partial charge in [-0.15, -0.1) is 0 Å². The van der Waals surface area contributed by atoms with Gasteiger partial charge in [0, 0.05) is 31.4 Å². The van der Waals surface area contributed by atoms with Gasteiger partial charge < -0.3 is 10.6 Å².